The lowest BCUT2D eigenvalue weighted by Crippen LogP contribution is -2.63. The van der Waals surface area contributed by atoms with E-state index in [1.165, 1.54) is 19.3 Å². The summed E-state index contributed by atoms with van der Waals surface area (Å²) < 4.78 is 0. The first-order valence-corrected chi connectivity index (χ1v) is 9.89. The number of fused-ring (bicyclic) bond motifs is 1. The molecule has 0 spiro atoms. The van der Waals surface area contributed by atoms with E-state index in [4.69, 9.17) is 0 Å². The molecule has 0 heterocycles. The molecule has 3 saturated carbocycles. The van der Waals surface area contributed by atoms with E-state index in [1.54, 1.807) is 0 Å². The molecule has 0 aromatic carbocycles. The Balaban J connectivity index is 1.62. The predicted molar refractivity (Wildman–Crippen MR) is 90.9 cm³/mol. The van der Waals surface area contributed by atoms with E-state index in [0.29, 0.717) is 17.6 Å². The van der Waals surface area contributed by atoms with Gasteiger partial charge in [-0.25, -0.2) is 0 Å². The van der Waals surface area contributed by atoms with Crippen molar-refractivity contribution >= 4 is 5.78 Å². The van der Waals surface area contributed by atoms with Crippen LogP contribution < -0.4 is 0 Å². The van der Waals surface area contributed by atoms with Crippen molar-refractivity contribution in [3.8, 4) is 0 Å². The number of aliphatic hydroxyl groups is 2. The maximum absolute atomic E-state index is 12.5. The van der Waals surface area contributed by atoms with Crippen LogP contribution in [0.2, 0.25) is 0 Å². The molecule has 0 radical (unpaired) electrons. The van der Waals surface area contributed by atoms with Gasteiger partial charge in [0.1, 0.15) is 5.78 Å². The molecule has 3 aliphatic carbocycles. The highest BCUT2D eigenvalue weighted by Gasteiger charge is 2.62. The molecule has 0 saturated heterocycles. The minimum Gasteiger partial charge on any atom is -0.393 e. The third kappa shape index (κ3) is 3.00. The number of hydrogen-bond acceptors (Lipinski definition) is 3. The average molecular weight is 322 g/mol. The molecule has 1 unspecified atom stereocenters. The van der Waals surface area contributed by atoms with Crippen molar-refractivity contribution in [1.82, 2.24) is 0 Å². The van der Waals surface area contributed by atoms with E-state index in [2.05, 4.69) is 13.8 Å². The molecule has 23 heavy (non-hydrogen) atoms. The van der Waals surface area contributed by atoms with Crippen molar-refractivity contribution in [1.29, 1.82) is 0 Å². The molecule has 3 fully saturated rings. The van der Waals surface area contributed by atoms with Gasteiger partial charge in [-0.2, -0.15) is 0 Å². The normalized spacial score (nSPS) is 42.9. The third-order valence-corrected chi connectivity index (χ3v) is 7.41. The molecule has 3 aliphatic rings. The van der Waals surface area contributed by atoms with Gasteiger partial charge in [0.2, 0.25) is 0 Å². The Morgan fingerprint density at radius 3 is 2.57 bits per heavy atom. The molecule has 6 atom stereocenters. The Bertz CT molecular complexity index is 429. The second-order valence-electron chi connectivity index (χ2n) is 8.63. The van der Waals surface area contributed by atoms with E-state index in [-0.39, 0.29) is 29.5 Å². The molecule has 0 aliphatic heterocycles. The van der Waals surface area contributed by atoms with Crippen LogP contribution in [-0.4, -0.2) is 28.2 Å². The van der Waals surface area contributed by atoms with Crippen LogP contribution in [0.4, 0.5) is 0 Å². The summed E-state index contributed by atoms with van der Waals surface area (Å²) in [6.45, 7) is 4.21. The summed E-state index contributed by atoms with van der Waals surface area (Å²) in [4.78, 5) is 12.5. The summed E-state index contributed by atoms with van der Waals surface area (Å²) in [5.74, 6) is 1.57. The zero-order valence-corrected chi connectivity index (χ0v) is 14.8. The van der Waals surface area contributed by atoms with E-state index < -0.39 is 0 Å². The summed E-state index contributed by atoms with van der Waals surface area (Å²) >= 11 is 0. The SMILES string of the molecule is CCC1C(=O)[C@@]2(C)CC[C@@H](O)[C@H](CC[C@@H](O)C3CCCCC3)[C@@H]12. The van der Waals surface area contributed by atoms with Crippen molar-refractivity contribution < 1.29 is 15.0 Å². The Morgan fingerprint density at radius 2 is 1.91 bits per heavy atom. The summed E-state index contributed by atoms with van der Waals surface area (Å²) in [7, 11) is 0. The number of hydrogen-bond donors (Lipinski definition) is 2. The van der Waals surface area contributed by atoms with Gasteiger partial charge in [0, 0.05) is 11.3 Å². The molecule has 3 nitrogen and oxygen atoms in total. The van der Waals surface area contributed by atoms with Crippen molar-refractivity contribution in [3.05, 3.63) is 0 Å². The highest BCUT2D eigenvalue weighted by molar-refractivity contribution is 5.93. The van der Waals surface area contributed by atoms with Crippen molar-refractivity contribution in [2.75, 3.05) is 0 Å². The maximum atomic E-state index is 12.5. The second kappa shape index (κ2) is 6.84. The zero-order valence-electron chi connectivity index (χ0n) is 14.8. The third-order valence-electron chi connectivity index (χ3n) is 7.41. The van der Waals surface area contributed by atoms with Crippen molar-refractivity contribution in [2.24, 2.45) is 29.1 Å². The zero-order chi connectivity index (χ0) is 16.6. The number of Topliss-reactive ketones (excluding diaryl/α,β-unsaturated/α-hetero) is 1. The second-order valence-corrected chi connectivity index (χ2v) is 8.63. The van der Waals surface area contributed by atoms with Gasteiger partial charge in [0.05, 0.1) is 12.2 Å². The number of carbonyl (C=O) groups is 1. The first-order valence-electron chi connectivity index (χ1n) is 9.89. The first kappa shape index (κ1) is 17.4. The largest absolute Gasteiger partial charge is 0.393 e. The molecule has 0 aromatic heterocycles. The Labute approximate surface area is 140 Å². The smallest absolute Gasteiger partial charge is 0.142 e. The van der Waals surface area contributed by atoms with E-state index in [0.717, 1.165) is 44.9 Å². The van der Waals surface area contributed by atoms with Crippen LogP contribution in [0.3, 0.4) is 0 Å². The van der Waals surface area contributed by atoms with Crippen molar-refractivity contribution in [2.45, 2.75) is 90.3 Å². The first-order chi connectivity index (χ1) is 11.0. The van der Waals surface area contributed by atoms with Gasteiger partial charge in [0.15, 0.2) is 0 Å². The van der Waals surface area contributed by atoms with Crippen LogP contribution in [0.1, 0.15) is 78.1 Å². The summed E-state index contributed by atoms with van der Waals surface area (Å²) in [6.07, 6.45) is 9.79. The summed E-state index contributed by atoms with van der Waals surface area (Å²) in [6, 6.07) is 0. The Kier molecular flexibility index (Phi) is 5.18. The predicted octanol–water partition coefficient (Wildman–Crippen LogP) is 3.71. The van der Waals surface area contributed by atoms with Gasteiger partial charge in [-0.15, -0.1) is 0 Å². The fourth-order valence-electron chi connectivity index (χ4n) is 5.99. The fourth-order valence-corrected chi connectivity index (χ4v) is 5.99. The van der Waals surface area contributed by atoms with Gasteiger partial charge >= 0.3 is 0 Å². The lowest BCUT2D eigenvalue weighted by atomic mass is 9.44. The van der Waals surface area contributed by atoms with Crippen LogP contribution in [-0.2, 0) is 4.79 Å². The van der Waals surface area contributed by atoms with E-state index in [9.17, 15) is 15.0 Å². The van der Waals surface area contributed by atoms with Gasteiger partial charge in [-0.1, -0.05) is 33.1 Å². The van der Waals surface area contributed by atoms with E-state index >= 15 is 0 Å². The number of carbonyl (C=O) groups excluding carboxylic acids is 1. The molecular formula is C20H34O3. The van der Waals surface area contributed by atoms with Gasteiger partial charge in [-0.05, 0) is 62.7 Å². The molecule has 3 rings (SSSR count). The molecule has 0 aromatic rings. The van der Waals surface area contributed by atoms with Gasteiger partial charge in [-0.3, -0.25) is 4.79 Å². The number of rotatable bonds is 5. The lowest BCUT2D eigenvalue weighted by Gasteiger charge is -2.59. The average Bonchev–Trinajstić information content (AvgIpc) is 2.58. The maximum Gasteiger partial charge on any atom is 0.142 e. The summed E-state index contributed by atoms with van der Waals surface area (Å²) in [5.41, 5.74) is -0.194. The minimum absolute atomic E-state index is 0.145. The highest BCUT2D eigenvalue weighted by Crippen LogP contribution is 2.60. The monoisotopic (exact) mass is 322 g/mol. The molecular weight excluding hydrogens is 288 g/mol. The van der Waals surface area contributed by atoms with E-state index in [1.807, 2.05) is 0 Å². The molecule has 0 bridgehead atoms. The van der Waals surface area contributed by atoms with Crippen LogP contribution >= 0.6 is 0 Å². The van der Waals surface area contributed by atoms with Crippen LogP contribution in [0.25, 0.3) is 0 Å². The number of ketones is 1. The lowest BCUT2D eigenvalue weighted by molar-refractivity contribution is -0.178. The Hall–Kier alpha value is -0.410. The van der Waals surface area contributed by atoms with Crippen LogP contribution in [0.5, 0.6) is 0 Å². The Morgan fingerprint density at radius 1 is 1.22 bits per heavy atom. The number of aliphatic hydroxyl groups excluding tert-OH is 2. The summed E-state index contributed by atoms with van der Waals surface area (Å²) in [5, 5.41) is 21.1. The molecule has 3 heteroatoms. The van der Waals surface area contributed by atoms with Gasteiger partial charge < -0.3 is 10.2 Å². The van der Waals surface area contributed by atoms with Crippen LogP contribution in [0, 0.1) is 29.1 Å². The topological polar surface area (TPSA) is 57.5 Å². The van der Waals surface area contributed by atoms with Gasteiger partial charge in [0.25, 0.3) is 0 Å². The highest BCUT2D eigenvalue weighted by atomic mass is 16.3. The quantitative estimate of drug-likeness (QED) is 0.811. The fraction of sp³-hybridized carbons (Fsp3) is 0.950. The molecule has 132 valence electrons. The molecule has 2 N–H and O–H groups in total. The molecule has 0 amide bonds. The van der Waals surface area contributed by atoms with Crippen LogP contribution in [0.15, 0.2) is 0 Å². The standard InChI is InChI=1S/C20H34O3/c1-3-14-18-15(17(22)11-12-20(18,2)19(14)23)9-10-16(21)13-7-5-4-6-8-13/h13-18,21-22H,3-12H2,1-2H3/t14?,15-,16+,17+,18+,20-/m0/s1. The minimum atomic E-state index is -0.284. The van der Waals surface area contributed by atoms with Crippen molar-refractivity contribution in [3.63, 3.8) is 0 Å².